The second-order valence-electron chi connectivity index (χ2n) is 7.37. The minimum absolute atomic E-state index is 0.0503. The van der Waals surface area contributed by atoms with E-state index in [2.05, 4.69) is 0 Å². The molecule has 2 saturated heterocycles. The number of rotatable bonds is 7. The highest BCUT2D eigenvalue weighted by molar-refractivity contribution is 7.89. The Kier molecular flexibility index (Phi) is 7.23. The molecule has 1 aromatic rings. The highest BCUT2D eigenvalue weighted by Crippen LogP contribution is 2.23. The van der Waals surface area contributed by atoms with E-state index in [-0.39, 0.29) is 37.0 Å². The van der Waals surface area contributed by atoms with Gasteiger partial charge in [-0.15, -0.1) is 0 Å². The van der Waals surface area contributed by atoms with Gasteiger partial charge < -0.3 is 9.32 Å². The zero-order valence-electron chi connectivity index (χ0n) is 17.5. The van der Waals surface area contributed by atoms with Crippen LogP contribution in [0.2, 0.25) is 0 Å². The van der Waals surface area contributed by atoms with Crippen LogP contribution in [0.5, 0.6) is 0 Å². The highest BCUT2D eigenvalue weighted by atomic mass is 32.2. The number of piperazine rings is 1. The van der Waals surface area contributed by atoms with Crippen LogP contribution in [0.1, 0.15) is 43.7 Å². The monoisotopic (exact) mass is 462 g/mol. The van der Waals surface area contributed by atoms with Crippen molar-refractivity contribution in [2.75, 3.05) is 52.4 Å². The molecule has 30 heavy (non-hydrogen) atoms. The molecule has 0 bridgehead atoms. The Morgan fingerprint density at radius 2 is 1.50 bits per heavy atom. The van der Waals surface area contributed by atoms with Crippen LogP contribution < -0.4 is 0 Å². The van der Waals surface area contributed by atoms with Crippen molar-refractivity contribution in [3.63, 3.8) is 0 Å². The van der Waals surface area contributed by atoms with E-state index >= 15 is 0 Å². The molecule has 2 aliphatic heterocycles. The van der Waals surface area contributed by atoms with Crippen molar-refractivity contribution < 1.29 is 26.0 Å². The van der Waals surface area contributed by atoms with Crippen molar-refractivity contribution in [3.05, 3.63) is 17.9 Å². The van der Waals surface area contributed by atoms with E-state index < -0.39 is 26.1 Å². The van der Waals surface area contributed by atoms with E-state index in [9.17, 15) is 21.6 Å². The third-order valence-corrected chi connectivity index (χ3v) is 9.54. The van der Waals surface area contributed by atoms with Crippen molar-refractivity contribution in [1.29, 1.82) is 0 Å². The van der Waals surface area contributed by atoms with Gasteiger partial charge in [-0.1, -0.05) is 20.3 Å². The van der Waals surface area contributed by atoms with Crippen molar-refractivity contribution >= 4 is 26.1 Å². The number of sulfonamides is 1. The Morgan fingerprint density at radius 1 is 0.900 bits per heavy atom. The van der Waals surface area contributed by atoms with Gasteiger partial charge in [0.1, 0.15) is 0 Å². The zero-order valence-corrected chi connectivity index (χ0v) is 19.1. The topological polar surface area (TPSA) is 111 Å². The summed E-state index contributed by atoms with van der Waals surface area (Å²) in [5.74, 6) is -0.486. The van der Waals surface area contributed by atoms with Crippen LogP contribution >= 0.6 is 0 Å². The SMILES string of the molecule is CCN(CC)S(=O)(=O)N1CCN(C(=O)c2ccc(S(=O)(=O)N3CCCCC3)o2)CC1. The third kappa shape index (κ3) is 4.57. The summed E-state index contributed by atoms with van der Waals surface area (Å²) < 4.78 is 60.2. The summed E-state index contributed by atoms with van der Waals surface area (Å²) in [7, 11) is -7.29. The standard InChI is InChI=1S/C18H30N4O6S2/c1-3-20(4-2)30(26,27)22-14-12-19(13-15-22)18(23)16-8-9-17(28-16)29(24,25)21-10-6-5-7-11-21/h8-9H,3-7,10-15H2,1-2H3. The first-order valence-electron chi connectivity index (χ1n) is 10.4. The molecule has 170 valence electrons. The molecular formula is C18H30N4O6S2. The quantitative estimate of drug-likeness (QED) is 0.593. The van der Waals surface area contributed by atoms with Crippen LogP contribution in [0.25, 0.3) is 0 Å². The van der Waals surface area contributed by atoms with Crippen molar-refractivity contribution in [2.45, 2.75) is 38.2 Å². The fraction of sp³-hybridized carbons (Fsp3) is 0.722. The van der Waals surface area contributed by atoms with Gasteiger partial charge in [-0.2, -0.15) is 21.3 Å². The number of piperidine rings is 1. The molecule has 0 aromatic carbocycles. The van der Waals surface area contributed by atoms with Crippen LogP contribution in [0.3, 0.4) is 0 Å². The lowest BCUT2D eigenvalue weighted by atomic mass is 10.2. The van der Waals surface area contributed by atoms with Crippen LogP contribution in [0, 0.1) is 0 Å². The summed E-state index contributed by atoms with van der Waals surface area (Å²) >= 11 is 0. The molecule has 0 saturated carbocycles. The summed E-state index contributed by atoms with van der Waals surface area (Å²) in [6, 6.07) is 2.69. The Bertz CT molecular complexity index is 941. The van der Waals surface area contributed by atoms with Gasteiger partial charge in [0, 0.05) is 52.4 Å². The predicted molar refractivity (Wildman–Crippen MR) is 111 cm³/mol. The molecule has 10 nitrogen and oxygen atoms in total. The predicted octanol–water partition coefficient (Wildman–Crippen LogP) is 0.799. The van der Waals surface area contributed by atoms with Crippen LogP contribution in [0.15, 0.2) is 21.6 Å². The average molecular weight is 463 g/mol. The second kappa shape index (κ2) is 9.35. The lowest BCUT2D eigenvalue weighted by Gasteiger charge is -2.35. The maximum Gasteiger partial charge on any atom is 0.289 e. The number of nitrogens with zero attached hydrogens (tertiary/aromatic N) is 4. The molecular weight excluding hydrogens is 432 g/mol. The zero-order chi connectivity index (χ0) is 21.9. The van der Waals surface area contributed by atoms with Gasteiger partial charge in [-0.3, -0.25) is 4.79 Å². The molecule has 1 aromatic heterocycles. The minimum Gasteiger partial charge on any atom is -0.438 e. The maximum atomic E-state index is 12.8. The van der Waals surface area contributed by atoms with Gasteiger partial charge in [-0.25, -0.2) is 8.42 Å². The van der Waals surface area contributed by atoms with E-state index in [4.69, 9.17) is 4.42 Å². The first-order valence-corrected chi connectivity index (χ1v) is 13.2. The highest BCUT2D eigenvalue weighted by Gasteiger charge is 2.34. The smallest absolute Gasteiger partial charge is 0.289 e. The molecule has 0 radical (unpaired) electrons. The van der Waals surface area contributed by atoms with Crippen LogP contribution in [-0.2, 0) is 20.2 Å². The molecule has 0 spiro atoms. The molecule has 0 aliphatic carbocycles. The number of hydrogen-bond acceptors (Lipinski definition) is 6. The summed E-state index contributed by atoms with van der Waals surface area (Å²) in [6.45, 7) is 6.05. The Labute approximate surface area is 178 Å². The van der Waals surface area contributed by atoms with E-state index in [1.807, 2.05) is 0 Å². The lowest BCUT2D eigenvalue weighted by Crippen LogP contribution is -2.54. The third-order valence-electron chi connectivity index (χ3n) is 5.59. The normalized spacial score (nSPS) is 20.0. The molecule has 0 unspecified atom stereocenters. The number of furan rings is 1. The Morgan fingerprint density at radius 3 is 2.07 bits per heavy atom. The lowest BCUT2D eigenvalue weighted by molar-refractivity contribution is 0.0656. The first kappa shape index (κ1) is 23.2. The number of amides is 1. The molecule has 3 heterocycles. The van der Waals surface area contributed by atoms with Gasteiger partial charge >= 0.3 is 0 Å². The molecule has 2 aliphatic rings. The average Bonchev–Trinajstić information content (AvgIpc) is 3.26. The summed E-state index contributed by atoms with van der Waals surface area (Å²) in [4.78, 5) is 14.3. The van der Waals surface area contributed by atoms with Gasteiger partial charge in [0.2, 0.25) is 5.09 Å². The van der Waals surface area contributed by atoms with Crippen LogP contribution in [0.4, 0.5) is 0 Å². The van der Waals surface area contributed by atoms with Gasteiger partial charge in [-0.05, 0) is 25.0 Å². The van der Waals surface area contributed by atoms with Gasteiger partial charge in [0.05, 0.1) is 0 Å². The molecule has 0 atom stereocenters. The molecule has 2 fully saturated rings. The maximum absolute atomic E-state index is 12.8. The largest absolute Gasteiger partial charge is 0.438 e. The fourth-order valence-electron chi connectivity index (χ4n) is 3.80. The van der Waals surface area contributed by atoms with E-state index in [1.54, 1.807) is 13.8 Å². The van der Waals surface area contributed by atoms with Crippen molar-refractivity contribution in [3.8, 4) is 0 Å². The second-order valence-corrected chi connectivity index (χ2v) is 11.2. The van der Waals surface area contributed by atoms with E-state index in [0.717, 1.165) is 19.3 Å². The van der Waals surface area contributed by atoms with Crippen molar-refractivity contribution in [1.82, 2.24) is 17.8 Å². The minimum atomic E-state index is -3.75. The summed E-state index contributed by atoms with van der Waals surface area (Å²) in [5, 5.41) is -0.226. The number of carbonyl (C=O) groups excluding carboxylic acids is 1. The first-order chi connectivity index (χ1) is 14.2. The van der Waals surface area contributed by atoms with E-state index in [1.165, 1.54) is 29.9 Å². The summed E-state index contributed by atoms with van der Waals surface area (Å²) in [5.41, 5.74) is 0. The van der Waals surface area contributed by atoms with Gasteiger partial charge in [0.25, 0.3) is 26.1 Å². The Balaban J connectivity index is 1.65. The molecule has 3 rings (SSSR count). The van der Waals surface area contributed by atoms with Crippen molar-refractivity contribution in [2.24, 2.45) is 0 Å². The van der Waals surface area contributed by atoms with Crippen LogP contribution in [-0.4, -0.2) is 92.9 Å². The summed E-state index contributed by atoms with van der Waals surface area (Å²) in [6.07, 6.45) is 2.63. The van der Waals surface area contributed by atoms with Gasteiger partial charge in [0.15, 0.2) is 5.76 Å². The fourth-order valence-corrected chi connectivity index (χ4v) is 6.83. The molecule has 1 amide bonds. The number of carbonyl (C=O) groups is 1. The van der Waals surface area contributed by atoms with E-state index in [0.29, 0.717) is 26.2 Å². The molecule has 0 N–H and O–H groups in total. The Hall–Kier alpha value is -1.47. The molecule has 12 heteroatoms. The number of hydrogen-bond donors (Lipinski definition) is 0.